The smallest absolute Gasteiger partial charge is 0.134 e. The Morgan fingerprint density at radius 3 is 2.89 bits per heavy atom. The number of nitrogens with two attached hydrogens (primary N) is 1. The molecule has 2 aromatic rings. The molecule has 3 nitrogen and oxygen atoms in total. The minimum atomic E-state index is 0.127. The van der Waals surface area contributed by atoms with Crippen LogP contribution >= 0.6 is 0 Å². The first-order valence-electron chi connectivity index (χ1n) is 7.21. The van der Waals surface area contributed by atoms with E-state index in [4.69, 9.17) is 10.2 Å². The Bertz CT molecular complexity index is 515. The molecule has 1 aromatic heterocycles. The van der Waals surface area contributed by atoms with Crippen molar-refractivity contribution in [3.8, 4) is 0 Å². The second-order valence-electron chi connectivity index (χ2n) is 5.76. The average Bonchev–Trinajstić information content (AvgIpc) is 3.01. The van der Waals surface area contributed by atoms with E-state index in [1.807, 2.05) is 18.2 Å². The van der Waals surface area contributed by atoms with Crippen LogP contribution in [-0.4, -0.2) is 12.6 Å². The third-order valence-corrected chi connectivity index (χ3v) is 4.16. The monoisotopic (exact) mass is 258 g/mol. The van der Waals surface area contributed by atoms with E-state index >= 15 is 0 Å². The van der Waals surface area contributed by atoms with Gasteiger partial charge in [-0.3, -0.25) is 0 Å². The molecule has 0 saturated heterocycles. The maximum atomic E-state index is 5.92. The van der Waals surface area contributed by atoms with Gasteiger partial charge in [-0.25, -0.2) is 0 Å². The van der Waals surface area contributed by atoms with Gasteiger partial charge in [0.25, 0.3) is 0 Å². The third-order valence-electron chi connectivity index (χ3n) is 4.16. The summed E-state index contributed by atoms with van der Waals surface area (Å²) in [4.78, 5) is 0. The van der Waals surface area contributed by atoms with Gasteiger partial charge < -0.3 is 15.5 Å². The summed E-state index contributed by atoms with van der Waals surface area (Å²) in [5.41, 5.74) is 6.86. The van der Waals surface area contributed by atoms with E-state index in [2.05, 4.69) is 24.4 Å². The lowest BCUT2D eigenvalue weighted by molar-refractivity contribution is 0.382. The standard InChI is InChI=1S/C16H22N2O/c1-11-6-7-13(8-11)18-14(10-17)16-9-12-4-2-3-5-15(12)19-16/h2-5,9,11,13-14,18H,6-8,10,17H2,1H3. The summed E-state index contributed by atoms with van der Waals surface area (Å²) in [6.45, 7) is 2.89. The van der Waals surface area contributed by atoms with E-state index in [1.165, 1.54) is 19.3 Å². The average molecular weight is 258 g/mol. The van der Waals surface area contributed by atoms with Gasteiger partial charge >= 0.3 is 0 Å². The number of benzene rings is 1. The first kappa shape index (κ1) is 12.7. The topological polar surface area (TPSA) is 51.2 Å². The Morgan fingerprint density at radius 1 is 1.37 bits per heavy atom. The fourth-order valence-electron chi connectivity index (χ4n) is 3.08. The van der Waals surface area contributed by atoms with Crippen LogP contribution in [0.5, 0.6) is 0 Å². The Morgan fingerprint density at radius 2 is 2.21 bits per heavy atom. The number of nitrogens with one attached hydrogen (secondary N) is 1. The van der Waals surface area contributed by atoms with Crippen LogP contribution < -0.4 is 11.1 Å². The molecule has 102 valence electrons. The normalized spacial score (nSPS) is 24.9. The molecule has 1 aromatic carbocycles. The Kier molecular flexibility index (Phi) is 3.58. The van der Waals surface area contributed by atoms with Crippen LogP contribution in [0.25, 0.3) is 11.0 Å². The SMILES string of the molecule is CC1CCC(NC(CN)c2cc3ccccc3o2)C1. The van der Waals surface area contributed by atoms with Crippen LogP contribution in [0.4, 0.5) is 0 Å². The largest absolute Gasteiger partial charge is 0.459 e. The van der Waals surface area contributed by atoms with Crippen LogP contribution in [0.1, 0.15) is 38.0 Å². The van der Waals surface area contributed by atoms with Gasteiger partial charge in [-0.1, -0.05) is 25.1 Å². The Labute approximate surface area is 114 Å². The first-order valence-corrected chi connectivity index (χ1v) is 7.21. The van der Waals surface area contributed by atoms with Crippen molar-refractivity contribution in [3.63, 3.8) is 0 Å². The predicted octanol–water partition coefficient (Wildman–Crippen LogP) is 3.21. The second kappa shape index (κ2) is 5.35. The summed E-state index contributed by atoms with van der Waals surface area (Å²) >= 11 is 0. The van der Waals surface area contributed by atoms with Gasteiger partial charge in [-0.2, -0.15) is 0 Å². The third kappa shape index (κ3) is 2.67. The molecular weight excluding hydrogens is 236 g/mol. The van der Waals surface area contributed by atoms with Crippen molar-refractivity contribution < 1.29 is 4.42 Å². The molecule has 19 heavy (non-hydrogen) atoms. The van der Waals surface area contributed by atoms with Crippen LogP contribution in [-0.2, 0) is 0 Å². The molecule has 0 spiro atoms. The zero-order valence-corrected chi connectivity index (χ0v) is 11.4. The van der Waals surface area contributed by atoms with Gasteiger partial charge in [0.2, 0.25) is 0 Å². The maximum absolute atomic E-state index is 5.92. The molecular formula is C16H22N2O. The van der Waals surface area contributed by atoms with Crippen molar-refractivity contribution in [2.24, 2.45) is 11.7 Å². The summed E-state index contributed by atoms with van der Waals surface area (Å²) in [7, 11) is 0. The molecule has 0 amide bonds. The number of rotatable bonds is 4. The summed E-state index contributed by atoms with van der Waals surface area (Å²) in [5, 5.41) is 4.81. The lowest BCUT2D eigenvalue weighted by Crippen LogP contribution is -2.35. The number of hydrogen-bond donors (Lipinski definition) is 2. The summed E-state index contributed by atoms with van der Waals surface area (Å²) in [5.74, 6) is 1.79. The van der Waals surface area contributed by atoms with Gasteiger partial charge in [0, 0.05) is 18.0 Å². The Balaban J connectivity index is 1.77. The van der Waals surface area contributed by atoms with E-state index in [1.54, 1.807) is 0 Å². The summed E-state index contributed by atoms with van der Waals surface area (Å²) in [6, 6.07) is 10.9. The lowest BCUT2D eigenvalue weighted by atomic mass is 10.1. The highest BCUT2D eigenvalue weighted by atomic mass is 16.3. The Hall–Kier alpha value is -1.32. The van der Waals surface area contributed by atoms with Crippen molar-refractivity contribution in [3.05, 3.63) is 36.1 Å². The van der Waals surface area contributed by atoms with E-state index in [0.29, 0.717) is 12.6 Å². The number of hydrogen-bond acceptors (Lipinski definition) is 3. The highest BCUT2D eigenvalue weighted by Crippen LogP contribution is 2.28. The van der Waals surface area contributed by atoms with Gasteiger partial charge in [-0.15, -0.1) is 0 Å². The molecule has 1 aliphatic carbocycles. The van der Waals surface area contributed by atoms with Crippen molar-refractivity contribution in [1.29, 1.82) is 0 Å². The van der Waals surface area contributed by atoms with Gasteiger partial charge in [0.05, 0.1) is 6.04 Å². The van der Waals surface area contributed by atoms with Gasteiger partial charge in [0.15, 0.2) is 0 Å². The molecule has 3 N–H and O–H groups in total. The van der Waals surface area contributed by atoms with Crippen molar-refractivity contribution in [2.45, 2.75) is 38.3 Å². The van der Waals surface area contributed by atoms with Crippen molar-refractivity contribution in [2.75, 3.05) is 6.54 Å². The van der Waals surface area contributed by atoms with E-state index in [9.17, 15) is 0 Å². The first-order chi connectivity index (χ1) is 9.26. The fraction of sp³-hybridized carbons (Fsp3) is 0.500. The van der Waals surface area contributed by atoms with Crippen molar-refractivity contribution >= 4 is 11.0 Å². The highest BCUT2D eigenvalue weighted by Gasteiger charge is 2.25. The van der Waals surface area contributed by atoms with Gasteiger partial charge in [-0.05, 0) is 37.3 Å². The molecule has 3 rings (SSSR count). The number of furan rings is 1. The van der Waals surface area contributed by atoms with Gasteiger partial charge in [0.1, 0.15) is 11.3 Å². The molecule has 0 radical (unpaired) electrons. The molecule has 1 aliphatic rings. The zero-order chi connectivity index (χ0) is 13.2. The van der Waals surface area contributed by atoms with Crippen LogP contribution in [0.15, 0.2) is 34.7 Å². The van der Waals surface area contributed by atoms with E-state index < -0.39 is 0 Å². The van der Waals surface area contributed by atoms with Crippen LogP contribution in [0, 0.1) is 5.92 Å². The zero-order valence-electron chi connectivity index (χ0n) is 11.4. The molecule has 3 atom stereocenters. The van der Waals surface area contributed by atoms with Crippen molar-refractivity contribution in [1.82, 2.24) is 5.32 Å². The maximum Gasteiger partial charge on any atom is 0.134 e. The lowest BCUT2D eigenvalue weighted by Gasteiger charge is -2.19. The van der Waals surface area contributed by atoms with E-state index in [-0.39, 0.29) is 6.04 Å². The summed E-state index contributed by atoms with van der Waals surface area (Å²) in [6.07, 6.45) is 3.81. The van der Waals surface area contributed by atoms with E-state index in [0.717, 1.165) is 22.6 Å². The highest BCUT2D eigenvalue weighted by molar-refractivity contribution is 5.77. The molecule has 3 unspecified atom stereocenters. The van der Waals surface area contributed by atoms with Crippen LogP contribution in [0.2, 0.25) is 0 Å². The predicted molar refractivity (Wildman–Crippen MR) is 77.9 cm³/mol. The fourth-order valence-corrected chi connectivity index (χ4v) is 3.08. The number of fused-ring (bicyclic) bond motifs is 1. The number of para-hydroxylation sites is 1. The molecule has 0 bridgehead atoms. The molecule has 1 heterocycles. The minimum absolute atomic E-state index is 0.127. The molecule has 1 fully saturated rings. The molecule has 3 heteroatoms. The molecule has 0 aliphatic heterocycles. The van der Waals surface area contributed by atoms with Crippen LogP contribution in [0.3, 0.4) is 0 Å². The quantitative estimate of drug-likeness (QED) is 0.885. The summed E-state index contributed by atoms with van der Waals surface area (Å²) < 4.78 is 5.92. The minimum Gasteiger partial charge on any atom is -0.459 e. The molecule has 1 saturated carbocycles. The second-order valence-corrected chi connectivity index (χ2v) is 5.76.